The highest BCUT2D eigenvalue weighted by molar-refractivity contribution is 5.96. The summed E-state index contributed by atoms with van der Waals surface area (Å²) in [4.78, 5) is 11.1. The van der Waals surface area contributed by atoms with Crippen LogP contribution in [0.25, 0.3) is 0 Å². The van der Waals surface area contributed by atoms with Gasteiger partial charge in [0.2, 0.25) is 5.78 Å². The molecule has 0 spiro atoms. The van der Waals surface area contributed by atoms with Gasteiger partial charge in [-0.1, -0.05) is 32.3 Å². The van der Waals surface area contributed by atoms with Crippen molar-refractivity contribution in [3.05, 3.63) is 12.2 Å². The van der Waals surface area contributed by atoms with E-state index in [9.17, 15) is 61.9 Å². The summed E-state index contributed by atoms with van der Waals surface area (Å²) >= 11 is 0. The van der Waals surface area contributed by atoms with Crippen LogP contribution < -0.4 is 0 Å². The Morgan fingerprint density at radius 2 is 1.10 bits per heavy atom. The van der Waals surface area contributed by atoms with E-state index in [-0.39, 0.29) is 18.9 Å². The summed E-state index contributed by atoms with van der Waals surface area (Å²) < 4.78 is 167. The average molecular weight is 458 g/mol. The number of unbranched alkanes of at least 4 members (excludes halogenated alkanes) is 4. The minimum Gasteiger partial charge on any atom is -0.288 e. The van der Waals surface area contributed by atoms with Gasteiger partial charge >= 0.3 is 35.8 Å². The predicted octanol–water partition coefficient (Wildman–Crippen LogP) is 6.82. The van der Waals surface area contributed by atoms with Crippen LogP contribution in [-0.2, 0) is 4.79 Å². The Labute approximate surface area is 155 Å². The van der Waals surface area contributed by atoms with Crippen LogP contribution in [0.1, 0.15) is 39.0 Å². The van der Waals surface area contributed by atoms with Crippen molar-refractivity contribution in [2.45, 2.75) is 74.8 Å². The minimum absolute atomic E-state index is 0.175. The van der Waals surface area contributed by atoms with Gasteiger partial charge in [0.15, 0.2) is 0 Å². The molecule has 0 atom stereocenters. The molecule has 0 aliphatic heterocycles. The Bertz CT molecular complexity index is 590. The van der Waals surface area contributed by atoms with Crippen LogP contribution in [0, 0.1) is 0 Å². The van der Waals surface area contributed by atoms with Crippen LogP contribution in [-0.4, -0.2) is 41.6 Å². The van der Waals surface area contributed by atoms with E-state index in [4.69, 9.17) is 0 Å². The molecule has 1 nitrogen and oxygen atoms in total. The van der Waals surface area contributed by atoms with Crippen LogP contribution in [0.5, 0.6) is 0 Å². The van der Waals surface area contributed by atoms with Gasteiger partial charge in [0, 0.05) is 0 Å². The molecular formula is C15H15F13O. The SMILES string of the molecule is CCCCCCC=CC(=O)C(F)(F)C(F)(F)C(F)(F)C(F)(F)C(F)(F)C(F)(F)F. The Morgan fingerprint density at radius 3 is 1.52 bits per heavy atom. The lowest BCUT2D eigenvalue weighted by atomic mass is 9.92. The molecule has 172 valence electrons. The van der Waals surface area contributed by atoms with Gasteiger partial charge in [-0.05, 0) is 18.9 Å². The molecule has 0 fully saturated rings. The van der Waals surface area contributed by atoms with Gasteiger partial charge in [-0.15, -0.1) is 0 Å². The summed E-state index contributed by atoms with van der Waals surface area (Å²) in [6, 6.07) is 0. The van der Waals surface area contributed by atoms with E-state index in [0.717, 1.165) is 6.42 Å². The largest absolute Gasteiger partial charge is 0.460 e. The van der Waals surface area contributed by atoms with Gasteiger partial charge < -0.3 is 0 Å². The predicted molar refractivity (Wildman–Crippen MR) is 73.7 cm³/mol. The van der Waals surface area contributed by atoms with E-state index >= 15 is 0 Å². The lowest BCUT2D eigenvalue weighted by Gasteiger charge is -2.39. The molecule has 0 N–H and O–H groups in total. The summed E-state index contributed by atoms with van der Waals surface area (Å²) in [5.41, 5.74) is 0. The smallest absolute Gasteiger partial charge is 0.288 e. The zero-order chi connectivity index (χ0) is 23.5. The van der Waals surface area contributed by atoms with Crippen LogP contribution >= 0.6 is 0 Å². The third-order valence-corrected chi connectivity index (χ3v) is 3.74. The molecular weight excluding hydrogens is 443 g/mol. The number of carbonyl (C=O) groups is 1. The van der Waals surface area contributed by atoms with Gasteiger partial charge in [-0.25, -0.2) is 0 Å². The first-order chi connectivity index (χ1) is 12.7. The summed E-state index contributed by atoms with van der Waals surface area (Å²) in [6.07, 6.45) is -5.30. The molecule has 0 unspecified atom stereocenters. The first-order valence-electron chi connectivity index (χ1n) is 7.90. The standard InChI is InChI=1S/C15H15F13O/c1-2-3-4-5-6-7-8-9(29)10(16,17)11(18,19)12(20,21)13(22,23)14(24,25)15(26,27)28/h7-8H,2-6H2,1H3. The second kappa shape index (κ2) is 8.70. The normalized spacial score (nSPS) is 15.2. The van der Waals surface area contributed by atoms with Crippen molar-refractivity contribution >= 4 is 5.78 Å². The molecule has 0 saturated carbocycles. The van der Waals surface area contributed by atoms with E-state index in [0.29, 0.717) is 18.9 Å². The average Bonchev–Trinajstić information content (AvgIpc) is 2.55. The van der Waals surface area contributed by atoms with Crippen LogP contribution in [0.15, 0.2) is 12.2 Å². The molecule has 0 aromatic rings. The highest BCUT2D eigenvalue weighted by Crippen LogP contribution is 2.60. The molecule has 29 heavy (non-hydrogen) atoms. The van der Waals surface area contributed by atoms with Crippen LogP contribution in [0.2, 0.25) is 0 Å². The fourth-order valence-corrected chi connectivity index (χ4v) is 1.91. The van der Waals surface area contributed by atoms with E-state index < -0.39 is 41.6 Å². The molecule has 0 heterocycles. The molecule has 0 aliphatic rings. The highest BCUT2D eigenvalue weighted by Gasteiger charge is 2.91. The maximum atomic E-state index is 13.4. The summed E-state index contributed by atoms with van der Waals surface area (Å²) in [5.74, 6) is -41.2. The minimum atomic E-state index is -8.00. The van der Waals surface area contributed by atoms with Gasteiger partial charge in [-0.2, -0.15) is 57.1 Å². The quantitative estimate of drug-likeness (QED) is 0.189. The van der Waals surface area contributed by atoms with Crippen molar-refractivity contribution in [1.29, 1.82) is 0 Å². The molecule has 0 aromatic carbocycles. The molecule has 0 saturated heterocycles. The lowest BCUT2D eigenvalue weighted by molar-refractivity contribution is -0.435. The van der Waals surface area contributed by atoms with Gasteiger partial charge in [0.1, 0.15) is 0 Å². The second-order valence-corrected chi connectivity index (χ2v) is 5.99. The summed E-state index contributed by atoms with van der Waals surface area (Å²) in [5, 5.41) is 0. The summed E-state index contributed by atoms with van der Waals surface area (Å²) in [6.45, 7) is 1.79. The zero-order valence-electron chi connectivity index (χ0n) is 14.5. The maximum Gasteiger partial charge on any atom is 0.460 e. The van der Waals surface area contributed by atoms with Gasteiger partial charge in [0.25, 0.3) is 0 Å². The number of ketones is 1. The van der Waals surface area contributed by atoms with Gasteiger partial charge in [-0.3, -0.25) is 4.79 Å². The molecule has 0 aliphatic carbocycles. The number of hydrogen-bond acceptors (Lipinski definition) is 1. The number of carbonyl (C=O) groups excluding carboxylic acids is 1. The van der Waals surface area contributed by atoms with Crippen molar-refractivity contribution in [2.24, 2.45) is 0 Å². The topological polar surface area (TPSA) is 17.1 Å². The molecule has 0 aromatic heterocycles. The van der Waals surface area contributed by atoms with Crippen molar-refractivity contribution in [1.82, 2.24) is 0 Å². The van der Waals surface area contributed by atoms with E-state index in [2.05, 4.69) is 0 Å². The van der Waals surface area contributed by atoms with Crippen molar-refractivity contribution < 1.29 is 61.9 Å². The van der Waals surface area contributed by atoms with Crippen LogP contribution in [0.3, 0.4) is 0 Å². The Kier molecular flexibility index (Phi) is 8.25. The second-order valence-electron chi connectivity index (χ2n) is 5.99. The number of alkyl halides is 13. The van der Waals surface area contributed by atoms with Gasteiger partial charge in [0.05, 0.1) is 0 Å². The van der Waals surface area contributed by atoms with Crippen molar-refractivity contribution in [3.8, 4) is 0 Å². The summed E-state index contributed by atoms with van der Waals surface area (Å²) in [7, 11) is 0. The van der Waals surface area contributed by atoms with Crippen LogP contribution in [0.4, 0.5) is 57.1 Å². The van der Waals surface area contributed by atoms with Crippen molar-refractivity contribution in [3.63, 3.8) is 0 Å². The number of halogens is 13. The Morgan fingerprint density at radius 1 is 0.655 bits per heavy atom. The highest BCUT2D eigenvalue weighted by atomic mass is 19.4. The molecule has 0 bridgehead atoms. The monoisotopic (exact) mass is 458 g/mol. The first kappa shape index (κ1) is 27.5. The first-order valence-corrected chi connectivity index (χ1v) is 7.90. The number of rotatable bonds is 11. The Balaban J connectivity index is 5.81. The maximum absolute atomic E-state index is 13.4. The number of hydrogen-bond donors (Lipinski definition) is 0. The lowest BCUT2D eigenvalue weighted by Crippen LogP contribution is -2.71. The third-order valence-electron chi connectivity index (χ3n) is 3.74. The zero-order valence-corrected chi connectivity index (χ0v) is 14.5. The molecule has 14 heteroatoms. The van der Waals surface area contributed by atoms with E-state index in [1.165, 1.54) is 0 Å². The Hall–Kier alpha value is -1.50. The van der Waals surface area contributed by atoms with E-state index in [1.807, 2.05) is 0 Å². The van der Waals surface area contributed by atoms with Crippen molar-refractivity contribution in [2.75, 3.05) is 0 Å². The fraction of sp³-hybridized carbons (Fsp3) is 0.800. The number of allylic oxidation sites excluding steroid dienone is 2. The fourth-order valence-electron chi connectivity index (χ4n) is 1.91. The molecule has 0 radical (unpaired) electrons. The molecule has 0 rings (SSSR count). The third kappa shape index (κ3) is 4.81. The van der Waals surface area contributed by atoms with E-state index in [1.54, 1.807) is 6.92 Å². The molecule has 0 amide bonds.